The fourth-order valence-electron chi connectivity index (χ4n) is 2.98. The Kier molecular flexibility index (Phi) is 6.40. The lowest BCUT2D eigenvalue weighted by Gasteiger charge is -2.32. The Bertz CT molecular complexity index is 759. The molecule has 142 valence electrons. The third-order valence-corrected chi connectivity index (χ3v) is 4.37. The summed E-state index contributed by atoms with van der Waals surface area (Å²) in [6.07, 6.45) is -0.0857. The fourth-order valence-corrected chi connectivity index (χ4v) is 2.98. The second kappa shape index (κ2) is 9.16. The highest BCUT2D eigenvalue weighted by atomic mass is 16.5. The first-order valence-corrected chi connectivity index (χ1v) is 8.92. The van der Waals surface area contributed by atoms with Crippen LogP contribution in [0.15, 0.2) is 54.6 Å². The maximum Gasteiger partial charge on any atom is 0.321 e. The van der Waals surface area contributed by atoms with Crippen molar-refractivity contribution in [2.45, 2.75) is 12.5 Å². The molecule has 3 N–H and O–H groups in total. The Morgan fingerprint density at radius 1 is 1.04 bits per heavy atom. The Labute approximate surface area is 157 Å². The molecule has 0 spiro atoms. The van der Waals surface area contributed by atoms with E-state index in [-0.39, 0.29) is 12.3 Å². The van der Waals surface area contributed by atoms with Crippen LogP contribution in [0.2, 0.25) is 0 Å². The molecular formula is C20H23N3O4. The van der Waals surface area contributed by atoms with Crippen LogP contribution in [0.3, 0.4) is 0 Å². The number of hydrogen-bond donors (Lipinski definition) is 3. The summed E-state index contributed by atoms with van der Waals surface area (Å²) in [6, 6.07) is 15.6. The molecule has 3 rings (SSSR count). The SMILES string of the molecule is O=C(C[C@H](C(=O)O)N1CCNCC1)Nc1ccc(Oc2ccccc2)cc1. The lowest BCUT2D eigenvalue weighted by molar-refractivity contribution is -0.145. The molecule has 0 aliphatic carbocycles. The van der Waals surface area contributed by atoms with Gasteiger partial charge in [0.05, 0.1) is 6.42 Å². The lowest BCUT2D eigenvalue weighted by Crippen LogP contribution is -2.52. The molecule has 1 amide bonds. The van der Waals surface area contributed by atoms with E-state index in [0.717, 1.165) is 18.8 Å². The van der Waals surface area contributed by atoms with Crippen LogP contribution in [0, 0.1) is 0 Å². The van der Waals surface area contributed by atoms with Gasteiger partial charge in [0.2, 0.25) is 5.91 Å². The van der Waals surface area contributed by atoms with Crippen molar-refractivity contribution in [2.75, 3.05) is 31.5 Å². The summed E-state index contributed by atoms with van der Waals surface area (Å²) in [4.78, 5) is 25.7. The largest absolute Gasteiger partial charge is 0.480 e. The summed E-state index contributed by atoms with van der Waals surface area (Å²) in [6.45, 7) is 2.70. The van der Waals surface area contributed by atoms with E-state index in [4.69, 9.17) is 4.74 Å². The van der Waals surface area contributed by atoms with E-state index in [1.807, 2.05) is 35.2 Å². The molecule has 27 heavy (non-hydrogen) atoms. The molecule has 1 saturated heterocycles. The molecule has 1 atom stereocenters. The molecule has 1 aliphatic rings. The van der Waals surface area contributed by atoms with Gasteiger partial charge in [-0.2, -0.15) is 0 Å². The first-order valence-electron chi connectivity index (χ1n) is 8.92. The Morgan fingerprint density at radius 2 is 1.67 bits per heavy atom. The topological polar surface area (TPSA) is 90.9 Å². The second-order valence-electron chi connectivity index (χ2n) is 6.33. The van der Waals surface area contributed by atoms with E-state index >= 15 is 0 Å². The van der Waals surface area contributed by atoms with Crippen molar-refractivity contribution in [1.82, 2.24) is 10.2 Å². The zero-order valence-electron chi connectivity index (χ0n) is 14.9. The molecule has 0 radical (unpaired) electrons. The van der Waals surface area contributed by atoms with Crippen LogP contribution in [0.4, 0.5) is 5.69 Å². The maximum atomic E-state index is 12.3. The number of benzene rings is 2. The molecule has 1 fully saturated rings. The van der Waals surface area contributed by atoms with Crippen molar-refractivity contribution in [1.29, 1.82) is 0 Å². The molecular weight excluding hydrogens is 346 g/mol. The van der Waals surface area contributed by atoms with Gasteiger partial charge in [-0.3, -0.25) is 14.5 Å². The Morgan fingerprint density at radius 3 is 2.30 bits per heavy atom. The van der Waals surface area contributed by atoms with Gasteiger partial charge in [0.1, 0.15) is 17.5 Å². The number of aliphatic carboxylic acids is 1. The van der Waals surface area contributed by atoms with Crippen molar-refractivity contribution in [3.8, 4) is 11.5 Å². The standard InChI is InChI=1S/C20H23N3O4/c24-19(14-18(20(25)26)23-12-10-21-11-13-23)22-15-6-8-17(9-7-15)27-16-4-2-1-3-5-16/h1-9,18,21H,10-14H2,(H,22,24)(H,25,26)/t18-/m1/s1. The van der Waals surface area contributed by atoms with Gasteiger partial charge in [-0.05, 0) is 36.4 Å². The van der Waals surface area contributed by atoms with E-state index in [0.29, 0.717) is 24.5 Å². The number of nitrogens with zero attached hydrogens (tertiary/aromatic N) is 1. The Balaban J connectivity index is 1.55. The summed E-state index contributed by atoms with van der Waals surface area (Å²) in [5.74, 6) is 0.0920. The third kappa shape index (κ3) is 5.54. The van der Waals surface area contributed by atoms with Crippen molar-refractivity contribution in [3.63, 3.8) is 0 Å². The van der Waals surface area contributed by atoms with E-state index < -0.39 is 12.0 Å². The Hall–Kier alpha value is -2.90. The van der Waals surface area contributed by atoms with Crippen LogP contribution < -0.4 is 15.4 Å². The van der Waals surface area contributed by atoms with Crippen LogP contribution in [0.25, 0.3) is 0 Å². The van der Waals surface area contributed by atoms with Gasteiger partial charge < -0.3 is 20.5 Å². The van der Waals surface area contributed by atoms with Gasteiger partial charge in [-0.15, -0.1) is 0 Å². The predicted molar refractivity (Wildman–Crippen MR) is 102 cm³/mol. The van der Waals surface area contributed by atoms with E-state index in [1.54, 1.807) is 24.3 Å². The number of nitrogens with one attached hydrogen (secondary N) is 2. The lowest BCUT2D eigenvalue weighted by atomic mass is 10.1. The molecule has 7 heteroatoms. The fraction of sp³-hybridized carbons (Fsp3) is 0.300. The number of amides is 1. The number of carbonyl (C=O) groups is 2. The molecule has 0 aromatic heterocycles. The third-order valence-electron chi connectivity index (χ3n) is 4.37. The molecule has 1 aliphatic heterocycles. The molecule has 7 nitrogen and oxygen atoms in total. The molecule has 0 bridgehead atoms. The number of carboxylic acids is 1. The first kappa shape index (κ1) is 18.9. The van der Waals surface area contributed by atoms with Crippen molar-refractivity contribution in [2.24, 2.45) is 0 Å². The highest BCUT2D eigenvalue weighted by Crippen LogP contribution is 2.22. The number of carbonyl (C=O) groups excluding carboxylic acids is 1. The highest BCUT2D eigenvalue weighted by Gasteiger charge is 2.29. The average Bonchev–Trinajstić information content (AvgIpc) is 2.69. The van der Waals surface area contributed by atoms with E-state index in [9.17, 15) is 14.7 Å². The minimum Gasteiger partial charge on any atom is -0.480 e. The van der Waals surface area contributed by atoms with Crippen molar-refractivity contribution >= 4 is 17.6 Å². The molecule has 2 aromatic carbocycles. The molecule has 2 aromatic rings. The normalized spacial score (nSPS) is 15.7. The molecule has 1 heterocycles. The molecule has 0 saturated carbocycles. The van der Waals surface area contributed by atoms with Crippen molar-refractivity contribution < 1.29 is 19.4 Å². The van der Waals surface area contributed by atoms with Gasteiger partial charge in [0.25, 0.3) is 0 Å². The summed E-state index contributed by atoms with van der Waals surface area (Å²) in [5.41, 5.74) is 0.602. The number of carboxylic acid groups (broad SMARTS) is 1. The summed E-state index contributed by atoms with van der Waals surface area (Å²) in [7, 11) is 0. The molecule has 0 unspecified atom stereocenters. The second-order valence-corrected chi connectivity index (χ2v) is 6.33. The summed E-state index contributed by atoms with van der Waals surface area (Å²) in [5, 5.41) is 15.4. The highest BCUT2D eigenvalue weighted by molar-refractivity contribution is 5.94. The van der Waals surface area contributed by atoms with E-state index in [1.165, 1.54) is 0 Å². The van der Waals surface area contributed by atoms with Gasteiger partial charge in [-0.1, -0.05) is 18.2 Å². The number of para-hydroxylation sites is 1. The van der Waals surface area contributed by atoms with Gasteiger partial charge in [-0.25, -0.2) is 0 Å². The monoisotopic (exact) mass is 369 g/mol. The number of piperazine rings is 1. The minimum atomic E-state index is -0.973. The summed E-state index contributed by atoms with van der Waals surface area (Å²) >= 11 is 0. The van der Waals surface area contributed by atoms with Crippen LogP contribution in [0.5, 0.6) is 11.5 Å². The van der Waals surface area contributed by atoms with Crippen LogP contribution in [-0.2, 0) is 9.59 Å². The van der Waals surface area contributed by atoms with Gasteiger partial charge in [0, 0.05) is 31.9 Å². The van der Waals surface area contributed by atoms with Crippen LogP contribution in [-0.4, -0.2) is 54.1 Å². The zero-order valence-corrected chi connectivity index (χ0v) is 14.9. The maximum absolute atomic E-state index is 12.3. The smallest absolute Gasteiger partial charge is 0.321 e. The quantitative estimate of drug-likeness (QED) is 0.693. The van der Waals surface area contributed by atoms with E-state index in [2.05, 4.69) is 10.6 Å². The number of hydrogen-bond acceptors (Lipinski definition) is 5. The first-order chi connectivity index (χ1) is 13.1. The van der Waals surface area contributed by atoms with Crippen LogP contribution >= 0.6 is 0 Å². The number of ether oxygens (including phenoxy) is 1. The predicted octanol–water partition coefficient (Wildman–Crippen LogP) is 2.17. The average molecular weight is 369 g/mol. The van der Waals surface area contributed by atoms with Gasteiger partial charge >= 0.3 is 5.97 Å². The number of rotatable bonds is 7. The number of anilines is 1. The van der Waals surface area contributed by atoms with Gasteiger partial charge in [0.15, 0.2) is 0 Å². The van der Waals surface area contributed by atoms with Crippen LogP contribution in [0.1, 0.15) is 6.42 Å². The van der Waals surface area contributed by atoms with Crippen molar-refractivity contribution in [3.05, 3.63) is 54.6 Å². The minimum absolute atomic E-state index is 0.0857. The summed E-state index contributed by atoms with van der Waals surface area (Å²) < 4.78 is 5.71. The zero-order chi connectivity index (χ0) is 19.1.